The molecule has 1 rings (SSSR count). The van der Waals surface area contributed by atoms with Gasteiger partial charge in [0.2, 0.25) is 0 Å². The summed E-state index contributed by atoms with van der Waals surface area (Å²) >= 11 is 0. The molecule has 1 aliphatic heterocycles. The van der Waals surface area contributed by atoms with Gasteiger partial charge in [-0.25, -0.2) is 0 Å². The Balaban J connectivity index is 2.40. The van der Waals surface area contributed by atoms with Crippen molar-refractivity contribution < 1.29 is 5.11 Å². The van der Waals surface area contributed by atoms with Gasteiger partial charge in [-0.15, -0.1) is 0 Å². The third-order valence-corrected chi connectivity index (χ3v) is 3.65. The van der Waals surface area contributed by atoms with Crippen LogP contribution in [0.1, 0.15) is 46.0 Å². The lowest BCUT2D eigenvalue weighted by atomic mass is 9.99. The zero-order valence-electron chi connectivity index (χ0n) is 10.9. The first-order valence-electron chi connectivity index (χ1n) is 6.90. The molecule has 16 heavy (non-hydrogen) atoms. The highest BCUT2D eigenvalue weighted by Crippen LogP contribution is 2.19. The Hall–Kier alpha value is -0.120. The van der Waals surface area contributed by atoms with E-state index in [0.717, 1.165) is 25.6 Å². The predicted octanol–water partition coefficient (Wildman–Crippen LogP) is 1.61. The molecule has 0 saturated carbocycles. The first-order valence-corrected chi connectivity index (χ1v) is 6.90. The maximum Gasteiger partial charge on any atom is 0.0446 e. The maximum absolute atomic E-state index is 9.06. The topological polar surface area (TPSA) is 35.5 Å². The van der Waals surface area contributed by atoms with Crippen LogP contribution in [0.5, 0.6) is 0 Å². The van der Waals surface area contributed by atoms with E-state index in [0.29, 0.717) is 12.6 Å². The quantitative estimate of drug-likeness (QED) is 0.695. The lowest BCUT2D eigenvalue weighted by Gasteiger charge is -2.37. The van der Waals surface area contributed by atoms with E-state index in [2.05, 4.69) is 24.1 Å². The van der Waals surface area contributed by atoms with Crippen LogP contribution in [-0.2, 0) is 0 Å². The van der Waals surface area contributed by atoms with E-state index in [1.54, 1.807) is 0 Å². The zero-order chi connectivity index (χ0) is 11.8. The molecule has 0 aliphatic carbocycles. The number of likely N-dealkylation sites (N-methyl/N-ethyl adjacent to an activating group) is 1. The third-order valence-electron chi connectivity index (χ3n) is 3.65. The fourth-order valence-corrected chi connectivity index (χ4v) is 2.75. The van der Waals surface area contributed by atoms with Crippen molar-refractivity contribution in [1.82, 2.24) is 10.2 Å². The molecule has 0 aromatic heterocycles. The lowest BCUT2D eigenvalue weighted by Crippen LogP contribution is -2.47. The van der Waals surface area contributed by atoms with Gasteiger partial charge in [0.25, 0.3) is 0 Å². The Morgan fingerprint density at radius 3 is 2.81 bits per heavy atom. The van der Waals surface area contributed by atoms with Gasteiger partial charge < -0.3 is 10.4 Å². The molecule has 1 aliphatic rings. The molecule has 2 atom stereocenters. The molecule has 0 amide bonds. The summed E-state index contributed by atoms with van der Waals surface area (Å²) in [5.41, 5.74) is 0. The first-order chi connectivity index (χ1) is 7.81. The smallest absolute Gasteiger partial charge is 0.0446 e. The van der Waals surface area contributed by atoms with Crippen molar-refractivity contribution in [3.05, 3.63) is 0 Å². The Labute approximate surface area is 100 Å². The maximum atomic E-state index is 9.06. The number of nitrogens with zero attached hydrogens (tertiary/aromatic N) is 1. The van der Waals surface area contributed by atoms with Gasteiger partial charge in [0.05, 0.1) is 0 Å². The Kier molecular flexibility index (Phi) is 7.01. The number of aliphatic hydroxyl groups is 1. The van der Waals surface area contributed by atoms with Crippen LogP contribution in [-0.4, -0.2) is 48.3 Å². The van der Waals surface area contributed by atoms with Gasteiger partial charge in [0.1, 0.15) is 0 Å². The van der Waals surface area contributed by atoms with E-state index in [9.17, 15) is 0 Å². The molecular formula is C13H28N2O. The van der Waals surface area contributed by atoms with Crippen molar-refractivity contribution in [1.29, 1.82) is 0 Å². The molecule has 1 fully saturated rings. The van der Waals surface area contributed by atoms with Gasteiger partial charge in [-0.05, 0) is 38.8 Å². The van der Waals surface area contributed by atoms with Gasteiger partial charge in [-0.1, -0.05) is 20.3 Å². The molecule has 1 heterocycles. The van der Waals surface area contributed by atoms with Gasteiger partial charge in [-0.2, -0.15) is 0 Å². The molecule has 3 heteroatoms. The normalized spacial score (nSPS) is 24.6. The van der Waals surface area contributed by atoms with E-state index in [-0.39, 0.29) is 0 Å². The van der Waals surface area contributed by atoms with Gasteiger partial charge >= 0.3 is 0 Å². The van der Waals surface area contributed by atoms with Gasteiger partial charge in [0.15, 0.2) is 0 Å². The summed E-state index contributed by atoms with van der Waals surface area (Å²) in [5.74, 6) is 0. The number of hydrogen-bond acceptors (Lipinski definition) is 3. The summed E-state index contributed by atoms with van der Waals surface area (Å²) in [5, 5.41) is 12.5. The summed E-state index contributed by atoms with van der Waals surface area (Å²) in [7, 11) is 0. The summed E-state index contributed by atoms with van der Waals surface area (Å²) in [6.45, 7) is 8.06. The summed E-state index contributed by atoms with van der Waals surface area (Å²) in [4.78, 5) is 2.62. The van der Waals surface area contributed by atoms with Crippen molar-refractivity contribution in [2.45, 2.75) is 58.0 Å². The lowest BCUT2D eigenvalue weighted by molar-refractivity contribution is 0.122. The van der Waals surface area contributed by atoms with Crippen LogP contribution < -0.4 is 5.32 Å². The highest BCUT2D eigenvalue weighted by atomic mass is 16.3. The monoisotopic (exact) mass is 228 g/mol. The molecule has 0 aromatic carbocycles. The number of rotatable bonds is 7. The molecular weight excluding hydrogens is 200 g/mol. The molecule has 2 unspecified atom stereocenters. The van der Waals surface area contributed by atoms with Gasteiger partial charge in [0, 0.05) is 25.2 Å². The highest BCUT2D eigenvalue weighted by molar-refractivity contribution is 4.80. The molecule has 96 valence electrons. The first kappa shape index (κ1) is 13.9. The second-order valence-corrected chi connectivity index (χ2v) is 4.82. The Morgan fingerprint density at radius 1 is 1.38 bits per heavy atom. The van der Waals surface area contributed by atoms with E-state index < -0.39 is 0 Å². The van der Waals surface area contributed by atoms with Crippen LogP contribution in [0.2, 0.25) is 0 Å². The largest absolute Gasteiger partial charge is 0.396 e. The van der Waals surface area contributed by atoms with Crippen LogP contribution in [0.15, 0.2) is 0 Å². The molecule has 0 radical (unpaired) electrons. The van der Waals surface area contributed by atoms with E-state index >= 15 is 0 Å². The Bertz CT molecular complexity index is 169. The zero-order valence-corrected chi connectivity index (χ0v) is 10.9. The van der Waals surface area contributed by atoms with E-state index in [1.165, 1.54) is 32.2 Å². The summed E-state index contributed by atoms with van der Waals surface area (Å²) in [6.07, 6.45) is 6.22. The van der Waals surface area contributed by atoms with Crippen molar-refractivity contribution >= 4 is 0 Å². The van der Waals surface area contributed by atoms with Crippen LogP contribution in [0.4, 0.5) is 0 Å². The summed E-state index contributed by atoms with van der Waals surface area (Å²) in [6, 6.07) is 1.23. The fourth-order valence-electron chi connectivity index (χ4n) is 2.75. The predicted molar refractivity (Wildman–Crippen MR) is 68.7 cm³/mol. The average Bonchev–Trinajstić information content (AvgIpc) is 2.30. The molecule has 0 spiro atoms. The standard InChI is InChI=1S/C13H28N2O/c1-3-13-7-5-6-9-15(13)11-12(8-10-16)14-4-2/h12-14,16H,3-11H2,1-2H3. The molecule has 1 saturated heterocycles. The number of aliphatic hydroxyl groups excluding tert-OH is 1. The van der Waals surface area contributed by atoms with Crippen LogP contribution in [0.3, 0.4) is 0 Å². The minimum Gasteiger partial charge on any atom is -0.396 e. The van der Waals surface area contributed by atoms with Crippen LogP contribution >= 0.6 is 0 Å². The molecule has 0 bridgehead atoms. The van der Waals surface area contributed by atoms with E-state index in [1.807, 2.05) is 0 Å². The highest BCUT2D eigenvalue weighted by Gasteiger charge is 2.22. The van der Waals surface area contributed by atoms with Crippen molar-refractivity contribution in [3.8, 4) is 0 Å². The second kappa shape index (κ2) is 8.04. The third kappa shape index (κ3) is 4.40. The fraction of sp³-hybridized carbons (Fsp3) is 1.00. The second-order valence-electron chi connectivity index (χ2n) is 4.82. The number of piperidine rings is 1. The number of nitrogens with one attached hydrogen (secondary N) is 1. The van der Waals surface area contributed by atoms with Crippen molar-refractivity contribution in [2.24, 2.45) is 0 Å². The Morgan fingerprint density at radius 2 is 2.19 bits per heavy atom. The molecule has 0 aromatic rings. The number of likely N-dealkylation sites (tertiary alicyclic amines) is 1. The van der Waals surface area contributed by atoms with Crippen LogP contribution in [0, 0.1) is 0 Å². The van der Waals surface area contributed by atoms with Crippen molar-refractivity contribution in [3.63, 3.8) is 0 Å². The van der Waals surface area contributed by atoms with Crippen molar-refractivity contribution in [2.75, 3.05) is 26.2 Å². The SMILES string of the molecule is CCNC(CCO)CN1CCCCC1CC. The number of hydrogen-bond donors (Lipinski definition) is 2. The minimum absolute atomic E-state index is 0.294. The molecule has 2 N–H and O–H groups in total. The van der Waals surface area contributed by atoms with Gasteiger partial charge in [-0.3, -0.25) is 4.90 Å². The summed E-state index contributed by atoms with van der Waals surface area (Å²) < 4.78 is 0. The molecule has 3 nitrogen and oxygen atoms in total. The van der Waals surface area contributed by atoms with Crippen LogP contribution in [0.25, 0.3) is 0 Å². The minimum atomic E-state index is 0.294. The average molecular weight is 228 g/mol. The van der Waals surface area contributed by atoms with E-state index in [4.69, 9.17) is 5.11 Å².